The highest BCUT2D eigenvalue weighted by atomic mass is 79.9. The average Bonchev–Trinajstić information content (AvgIpc) is 2.70. The molecule has 1 nitrogen and oxygen atoms in total. The van der Waals surface area contributed by atoms with Crippen molar-refractivity contribution in [1.82, 2.24) is 4.98 Å². The third-order valence-corrected chi connectivity index (χ3v) is 4.95. The summed E-state index contributed by atoms with van der Waals surface area (Å²) >= 11 is 14.2. The summed E-state index contributed by atoms with van der Waals surface area (Å²) in [4.78, 5) is 4.42. The van der Waals surface area contributed by atoms with Crippen molar-refractivity contribution < 1.29 is 0 Å². The van der Waals surface area contributed by atoms with Gasteiger partial charge in [0.15, 0.2) is 0 Å². The Bertz CT molecular complexity index is 484. The molecule has 2 aromatic rings. The number of thiazole rings is 1. The number of hydrogen-bond donors (Lipinski definition) is 0. The highest BCUT2D eigenvalue weighted by molar-refractivity contribution is 9.13. The molecule has 0 amide bonds. The van der Waals surface area contributed by atoms with Crippen LogP contribution in [0.4, 0.5) is 0 Å². The Morgan fingerprint density at radius 3 is 2.67 bits per heavy atom. The number of alkyl halides is 1. The van der Waals surface area contributed by atoms with Crippen LogP contribution in [-0.2, 0) is 5.88 Å². The minimum absolute atomic E-state index is 0.466. The first-order valence-electron chi connectivity index (χ1n) is 4.16. The molecule has 78 valence electrons. The topological polar surface area (TPSA) is 12.9 Å². The van der Waals surface area contributed by atoms with Crippen LogP contribution in [0.15, 0.2) is 32.5 Å². The van der Waals surface area contributed by atoms with E-state index in [1.165, 1.54) is 0 Å². The van der Waals surface area contributed by atoms with Crippen LogP contribution in [0.2, 0.25) is 0 Å². The second-order valence-electron chi connectivity index (χ2n) is 2.91. The van der Waals surface area contributed by atoms with Crippen molar-refractivity contribution >= 4 is 54.8 Å². The summed E-state index contributed by atoms with van der Waals surface area (Å²) in [6.07, 6.45) is 0. The smallest absolute Gasteiger partial charge is 0.123 e. The van der Waals surface area contributed by atoms with Gasteiger partial charge in [0.05, 0.1) is 11.6 Å². The lowest BCUT2D eigenvalue weighted by Crippen LogP contribution is -1.80. The first-order chi connectivity index (χ1) is 7.20. The number of nitrogens with zero attached hydrogens (tertiary/aromatic N) is 1. The first-order valence-corrected chi connectivity index (χ1v) is 7.16. The molecule has 1 aromatic heterocycles. The molecule has 2 rings (SSSR count). The van der Waals surface area contributed by atoms with E-state index in [1.807, 2.05) is 23.6 Å². The van der Waals surface area contributed by atoms with Crippen molar-refractivity contribution in [2.24, 2.45) is 0 Å². The molecule has 1 aromatic carbocycles. The Kier molecular flexibility index (Phi) is 3.83. The van der Waals surface area contributed by atoms with E-state index in [0.717, 1.165) is 25.2 Å². The fraction of sp³-hybridized carbons (Fsp3) is 0.100. The zero-order valence-electron chi connectivity index (χ0n) is 7.51. The zero-order chi connectivity index (χ0) is 10.8. The van der Waals surface area contributed by atoms with E-state index < -0.39 is 0 Å². The second-order valence-corrected chi connectivity index (χ2v) is 5.74. The van der Waals surface area contributed by atoms with Crippen LogP contribution in [0.25, 0.3) is 10.6 Å². The van der Waals surface area contributed by atoms with E-state index in [1.54, 1.807) is 11.3 Å². The Labute approximate surface area is 114 Å². The predicted octanol–water partition coefficient (Wildman–Crippen LogP) is 5.07. The first kappa shape index (κ1) is 11.6. The number of rotatable bonds is 2. The summed E-state index contributed by atoms with van der Waals surface area (Å²) < 4.78 is 2.07. The fourth-order valence-corrected chi connectivity index (χ4v) is 2.80. The number of halogens is 3. The molecule has 0 atom stereocenters. The van der Waals surface area contributed by atoms with Gasteiger partial charge in [0.2, 0.25) is 0 Å². The van der Waals surface area contributed by atoms with E-state index in [-0.39, 0.29) is 0 Å². The Hall–Kier alpha value is 0.1000. The number of benzene rings is 1. The highest BCUT2D eigenvalue weighted by Crippen LogP contribution is 2.30. The summed E-state index contributed by atoms with van der Waals surface area (Å²) in [5, 5.41) is 2.98. The summed E-state index contributed by atoms with van der Waals surface area (Å²) in [7, 11) is 0. The van der Waals surface area contributed by atoms with Crippen LogP contribution in [-0.4, -0.2) is 4.98 Å². The molecule has 0 bridgehead atoms. The van der Waals surface area contributed by atoms with Crippen molar-refractivity contribution in [3.8, 4) is 10.6 Å². The summed E-state index contributed by atoms with van der Waals surface area (Å²) in [5.74, 6) is 0.466. The van der Waals surface area contributed by atoms with Gasteiger partial charge in [-0.15, -0.1) is 22.9 Å². The summed E-state index contributed by atoms with van der Waals surface area (Å²) in [5.41, 5.74) is 2.03. The molecule has 0 radical (unpaired) electrons. The standard InChI is InChI=1S/C10H6Br2ClNS/c11-8-2-1-6(3-9(8)12)10-14-7(4-13)5-15-10/h1-3,5H,4H2. The molecule has 0 unspecified atom stereocenters. The van der Waals surface area contributed by atoms with Gasteiger partial charge >= 0.3 is 0 Å². The molecule has 0 saturated heterocycles. The molecule has 0 saturated carbocycles. The van der Waals surface area contributed by atoms with E-state index >= 15 is 0 Å². The number of hydrogen-bond acceptors (Lipinski definition) is 2. The maximum absolute atomic E-state index is 5.71. The van der Waals surface area contributed by atoms with E-state index in [2.05, 4.69) is 36.8 Å². The second kappa shape index (κ2) is 4.95. The molecule has 0 aliphatic carbocycles. The average molecular weight is 367 g/mol. The molecule has 0 aliphatic rings. The van der Waals surface area contributed by atoms with Crippen molar-refractivity contribution in [2.45, 2.75) is 5.88 Å². The Morgan fingerprint density at radius 2 is 2.07 bits per heavy atom. The maximum atomic E-state index is 5.71. The number of aromatic nitrogens is 1. The molecular weight excluding hydrogens is 361 g/mol. The molecule has 1 heterocycles. The molecule has 0 aliphatic heterocycles. The largest absolute Gasteiger partial charge is 0.240 e. The lowest BCUT2D eigenvalue weighted by Gasteiger charge is -1.99. The zero-order valence-corrected chi connectivity index (χ0v) is 12.3. The monoisotopic (exact) mass is 365 g/mol. The molecular formula is C10H6Br2ClNS. The minimum Gasteiger partial charge on any atom is -0.240 e. The third-order valence-electron chi connectivity index (χ3n) is 1.86. The Morgan fingerprint density at radius 1 is 1.27 bits per heavy atom. The minimum atomic E-state index is 0.466. The van der Waals surface area contributed by atoms with Gasteiger partial charge in [0, 0.05) is 19.9 Å². The normalized spacial score (nSPS) is 10.6. The van der Waals surface area contributed by atoms with Crippen LogP contribution in [0.1, 0.15) is 5.69 Å². The van der Waals surface area contributed by atoms with Gasteiger partial charge in [0.1, 0.15) is 5.01 Å². The van der Waals surface area contributed by atoms with Gasteiger partial charge in [-0.3, -0.25) is 0 Å². The van der Waals surface area contributed by atoms with E-state index in [0.29, 0.717) is 5.88 Å². The lowest BCUT2D eigenvalue weighted by molar-refractivity contribution is 1.23. The maximum Gasteiger partial charge on any atom is 0.123 e. The molecule has 0 fully saturated rings. The van der Waals surface area contributed by atoms with Crippen LogP contribution >= 0.6 is 54.8 Å². The van der Waals surface area contributed by atoms with Crippen molar-refractivity contribution in [3.05, 3.63) is 38.2 Å². The van der Waals surface area contributed by atoms with Crippen LogP contribution in [0.3, 0.4) is 0 Å². The van der Waals surface area contributed by atoms with Crippen molar-refractivity contribution in [3.63, 3.8) is 0 Å². The quantitative estimate of drug-likeness (QED) is 0.675. The van der Waals surface area contributed by atoms with E-state index in [4.69, 9.17) is 11.6 Å². The molecule has 15 heavy (non-hydrogen) atoms. The van der Waals surface area contributed by atoms with Crippen LogP contribution < -0.4 is 0 Å². The lowest BCUT2D eigenvalue weighted by atomic mass is 10.2. The van der Waals surface area contributed by atoms with Gasteiger partial charge < -0.3 is 0 Å². The van der Waals surface area contributed by atoms with Crippen molar-refractivity contribution in [2.75, 3.05) is 0 Å². The SMILES string of the molecule is ClCc1csc(-c2ccc(Br)c(Br)c2)n1. The van der Waals surface area contributed by atoms with Crippen molar-refractivity contribution in [1.29, 1.82) is 0 Å². The summed E-state index contributed by atoms with van der Waals surface area (Å²) in [6.45, 7) is 0. The summed E-state index contributed by atoms with van der Waals surface area (Å²) in [6, 6.07) is 6.08. The van der Waals surface area contributed by atoms with Crippen LogP contribution in [0.5, 0.6) is 0 Å². The molecule has 0 N–H and O–H groups in total. The third kappa shape index (κ3) is 2.61. The van der Waals surface area contributed by atoms with E-state index in [9.17, 15) is 0 Å². The van der Waals surface area contributed by atoms with Gasteiger partial charge in [-0.05, 0) is 44.0 Å². The van der Waals surface area contributed by atoms with Gasteiger partial charge in [-0.1, -0.05) is 6.07 Å². The Balaban J connectivity index is 2.40. The van der Waals surface area contributed by atoms with Crippen LogP contribution in [0, 0.1) is 0 Å². The molecule has 0 spiro atoms. The fourth-order valence-electron chi connectivity index (χ4n) is 1.13. The van der Waals surface area contributed by atoms with Gasteiger partial charge in [0.25, 0.3) is 0 Å². The van der Waals surface area contributed by atoms with Gasteiger partial charge in [-0.25, -0.2) is 4.98 Å². The highest BCUT2D eigenvalue weighted by Gasteiger charge is 2.05. The predicted molar refractivity (Wildman–Crippen MR) is 72.5 cm³/mol. The van der Waals surface area contributed by atoms with Gasteiger partial charge in [-0.2, -0.15) is 0 Å². The molecule has 5 heteroatoms.